The highest BCUT2D eigenvalue weighted by Crippen LogP contribution is 2.24. The first-order valence-corrected chi connectivity index (χ1v) is 7.71. The lowest BCUT2D eigenvalue weighted by atomic mass is 10.3. The summed E-state index contributed by atoms with van der Waals surface area (Å²) in [7, 11) is -3.55. The van der Waals surface area contributed by atoms with Gasteiger partial charge in [-0.1, -0.05) is 29.8 Å². The zero-order valence-electron chi connectivity index (χ0n) is 10.5. The van der Waals surface area contributed by atoms with Gasteiger partial charge >= 0.3 is 0 Å². The lowest BCUT2D eigenvalue weighted by molar-refractivity contribution is 0.592. The zero-order chi connectivity index (χ0) is 13.9. The molecule has 2 aromatic carbocycles. The van der Waals surface area contributed by atoms with Crippen molar-refractivity contribution in [1.82, 2.24) is 0 Å². The van der Waals surface area contributed by atoms with E-state index in [4.69, 9.17) is 11.6 Å². The fraction of sp³-hybridized carbons (Fsp3) is 0.143. The molecule has 0 unspecified atom stereocenters. The Kier molecular flexibility index (Phi) is 4.12. The van der Waals surface area contributed by atoms with E-state index in [1.165, 1.54) is 16.4 Å². The predicted octanol–water partition coefficient (Wildman–Crippen LogP) is 3.56. The van der Waals surface area contributed by atoms with Crippen LogP contribution in [0.15, 0.2) is 59.5 Å². The van der Waals surface area contributed by atoms with Crippen LogP contribution in [0.25, 0.3) is 0 Å². The van der Waals surface area contributed by atoms with Crippen molar-refractivity contribution in [1.29, 1.82) is 0 Å². The molecule has 19 heavy (non-hydrogen) atoms. The molecule has 0 atom stereocenters. The molecule has 0 bridgehead atoms. The molecule has 0 aliphatic carbocycles. The molecule has 100 valence electrons. The Balaban J connectivity index is 2.45. The average molecular weight is 296 g/mol. The van der Waals surface area contributed by atoms with Crippen LogP contribution in [-0.4, -0.2) is 15.0 Å². The molecule has 0 aromatic heterocycles. The van der Waals surface area contributed by atoms with E-state index in [2.05, 4.69) is 0 Å². The summed E-state index contributed by atoms with van der Waals surface area (Å²) in [6.07, 6.45) is 0. The van der Waals surface area contributed by atoms with Crippen LogP contribution in [0.5, 0.6) is 0 Å². The third kappa shape index (κ3) is 2.91. The van der Waals surface area contributed by atoms with Crippen LogP contribution in [0.4, 0.5) is 5.69 Å². The van der Waals surface area contributed by atoms with Gasteiger partial charge in [-0.15, -0.1) is 0 Å². The molecule has 0 radical (unpaired) electrons. The SMILES string of the molecule is CCN(c1ccccc1)S(=O)(=O)c1ccc(Cl)cc1. The number of rotatable bonds is 4. The molecule has 0 heterocycles. The van der Waals surface area contributed by atoms with Gasteiger partial charge in [-0.3, -0.25) is 4.31 Å². The minimum absolute atomic E-state index is 0.239. The van der Waals surface area contributed by atoms with E-state index < -0.39 is 10.0 Å². The highest BCUT2D eigenvalue weighted by atomic mass is 35.5. The van der Waals surface area contributed by atoms with Gasteiger partial charge in [0, 0.05) is 11.6 Å². The van der Waals surface area contributed by atoms with Crippen molar-refractivity contribution in [3.8, 4) is 0 Å². The van der Waals surface area contributed by atoms with Gasteiger partial charge in [0.25, 0.3) is 10.0 Å². The van der Waals surface area contributed by atoms with Crippen LogP contribution in [0.2, 0.25) is 5.02 Å². The van der Waals surface area contributed by atoms with Crippen LogP contribution in [0.1, 0.15) is 6.92 Å². The number of hydrogen-bond donors (Lipinski definition) is 0. The van der Waals surface area contributed by atoms with Crippen LogP contribution in [0.3, 0.4) is 0 Å². The summed E-state index contributed by atoms with van der Waals surface area (Å²) in [6.45, 7) is 2.18. The first kappa shape index (κ1) is 13.9. The Morgan fingerprint density at radius 2 is 1.58 bits per heavy atom. The van der Waals surface area contributed by atoms with E-state index >= 15 is 0 Å². The normalized spacial score (nSPS) is 11.3. The average Bonchev–Trinajstić information content (AvgIpc) is 2.41. The summed E-state index contributed by atoms with van der Waals surface area (Å²) < 4.78 is 26.5. The molecule has 0 fully saturated rings. The van der Waals surface area contributed by atoms with E-state index in [0.29, 0.717) is 17.3 Å². The maximum Gasteiger partial charge on any atom is 0.264 e. The topological polar surface area (TPSA) is 37.4 Å². The second-order valence-electron chi connectivity index (χ2n) is 3.96. The standard InChI is InChI=1S/C14H14ClNO2S/c1-2-16(13-6-4-3-5-7-13)19(17,18)14-10-8-12(15)9-11-14/h3-11H,2H2,1H3. The van der Waals surface area contributed by atoms with E-state index in [0.717, 1.165) is 0 Å². The van der Waals surface area contributed by atoms with Crippen molar-refractivity contribution in [2.24, 2.45) is 0 Å². The minimum Gasteiger partial charge on any atom is -0.267 e. The second-order valence-corrected chi connectivity index (χ2v) is 6.26. The van der Waals surface area contributed by atoms with Crippen molar-refractivity contribution in [2.75, 3.05) is 10.8 Å². The fourth-order valence-electron chi connectivity index (χ4n) is 1.82. The molecule has 2 aromatic rings. The third-order valence-electron chi connectivity index (χ3n) is 2.73. The zero-order valence-corrected chi connectivity index (χ0v) is 12.0. The summed E-state index contributed by atoms with van der Waals surface area (Å²) in [4.78, 5) is 0.239. The maximum absolute atomic E-state index is 12.6. The second kappa shape index (κ2) is 5.63. The van der Waals surface area contributed by atoms with E-state index in [-0.39, 0.29) is 4.90 Å². The number of halogens is 1. The number of anilines is 1. The Morgan fingerprint density at radius 3 is 2.11 bits per heavy atom. The smallest absolute Gasteiger partial charge is 0.264 e. The molecule has 0 spiro atoms. The molecule has 0 amide bonds. The van der Waals surface area contributed by atoms with Gasteiger partial charge in [0.05, 0.1) is 10.6 Å². The molecule has 2 rings (SSSR count). The fourth-order valence-corrected chi connectivity index (χ4v) is 3.42. The van der Waals surface area contributed by atoms with Crippen molar-refractivity contribution in [2.45, 2.75) is 11.8 Å². The van der Waals surface area contributed by atoms with Gasteiger partial charge in [-0.2, -0.15) is 0 Å². The van der Waals surface area contributed by atoms with E-state index in [1.807, 2.05) is 18.2 Å². The summed E-state index contributed by atoms with van der Waals surface area (Å²) in [5.41, 5.74) is 0.653. The highest BCUT2D eigenvalue weighted by Gasteiger charge is 2.23. The Labute approximate surface area is 118 Å². The monoisotopic (exact) mass is 295 g/mol. The molecular formula is C14H14ClNO2S. The summed E-state index contributed by atoms with van der Waals surface area (Å²) >= 11 is 5.78. The molecule has 0 aliphatic heterocycles. The number of para-hydroxylation sites is 1. The summed E-state index contributed by atoms with van der Waals surface area (Å²) in [5.74, 6) is 0. The lowest BCUT2D eigenvalue weighted by Crippen LogP contribution is -2.30. The Morgan fingerprint density at radius 1 is 1.00 bits per heavy atom. The number of sulfonamides is 1. The van der Waals surface area contributed by atoms with Gasteiger partial charge in [0.1, 0.15) is 0 Å². The molecule has 0 aliphatic rings. The first-order valence-electron chi connectivity index (χ1n) is 5.89. The Bertz CT molecular complexity index is 639. The van der Waals surface area contributed by atoms with Gasteiger partial charge in [-0.25, -0.2) is 8.42 Å². The molecule has 0 N–H and O–H groups in total. The van der Waals surface area contributed by atoms with Crippen LogP contribution >= 0.6 is 11.6 Å². The summed E-state index contributed by atoms with van der Waals surface area (Å²) in [6, 6.07) is 15.2. The van der Waals surface area contributed by atoms with Crippen LogP contribution in [0, 0.1) is 0 Å². The van der Waals surface area contributed by atoms with Crippen molar-refractivity contribution < 1.29 is 8.42 Å². The quantitative estimate of drug-likeness (QED) is 0.865. The maximum atomic E-state index is 12.6. The molecular weight excluding hydrogens is 282 g/mol. The predicted molar refractivity (Wildman–Crippen MR) is 78.1 cm³/mol. The largest absolute Gasteiger partial charge is 0.267 e. The van der Waals surface area contributed by atoms with Gasteiger partial charge < -0.3 is 0 Å². The van der Waals surface area contributed by atoms with Crippen LogP contribution in [-0.2, 0) is 10.0 Å². The number of benzene rings is 2. The van der Waals surface area contributed by atoms with Gasteiger partial charge in [0.15, 0.2) is 0 Å². The van der Waals surface area contributed by atoms with E-state index in [9.17, 15) is 8.42 Å². The molecule has 0 saturated carbocycles. The summed E-state index contributed by atoms with van der Waals surface area (Å²) in [5, 5.41) is 0.515. The van der Waals surface area contributed by atoms with Gasteiger partial charge in [-0.05, 0) is 43.3 Å². The van der Waals surface area contributed by atoms with E-state index in [1.54, 1.807) is 31.2 Å². The van der Waals surface area contributed by atoms with Gasteiger partial charge in [0.2, 0.25) is 0 Å². The lowest BCUT2D eigenvalue weighted by Gasteiger charge is -2.22. The number of nitrogens with zero attached hydrogens (tertiary/aromatic N) is 1. The van der Waals surface area contributed by atoms with Crippen molar-refractivity contribution >= 4 is 27.3 Å². The molecule has 3 nitrogen and oxygen atoms in total. The Hall–Kier alpha value is -1.52. The van der Waals surface area contributed by atoms with Crippen molar-refractivity contribution in [3.05, 3.63) is 59.6 Å². The van der Waals surface area contributed by atoms with Crippen LogP contribution < -0.4 is 4.31 Å². The third-order valence-corrected chi connectivity index (χ3v) is 4.90. The molecule has 0 saturated heterocycles. The minimum atomic E-state index is -3.55. The highest BCUT2D eigenvalue weighted by molar-refractivity contribution is 7.92. The number of hydrogen-bond acceptors (Lipinski definition) is 2. The van der Waals surface area contributed by atoms with Crippen molar-refractivity contribution in [3.63, 3.8) is 0 Å². The molecule has 5 heteroatoms. The first-order chi connectivity index (χ1) is 9.05.